The highest BCUT2D eigenvalue weighted by atomic mass is 35.5. The maximum atomic E-state index is 12.6. The van der Waals surface area contributed by atoms with E-state index in [9.17, 15) is 4.79 Å². The van der Waals surface area contributed by atoms with E-state index in [1.54, 1.807) is 24.5 Å². The molecule has 0 radical (unpaired) electrons. The van der Waals surface area contributed by atoms with E-state index in [0.29, 0.717) is 23.7 Å². The number of hydrogen-bond donors (Lipinski definition) is 0. The van der Waals surface area contributed by atoms with Crippen molar-refractivity contribution < 1.29 is 4.79 Å². The Bertz CT molecular complexity index is 882. The van der Waals surface area contributed by atoms with Crippen LogP contribution in [0.3, 0.4) is 0 Å². The lowest BCUT2D eigenvalue weighted by atomic mass is 9.98. The van der Waals surface area contributed by atoms with Crippen LogP contribution in [0, 0.1) is 0 Å². The van der Waals surface area contributed by atoms with E-state index in [1.807, 2.05) is 36.1 Å². The molecule has 2 aromatic rings. The van der Waals surface area contributed by atoms with Crippen molar-refractivity contribution in [3.8, 4) is 0 Å². The van der Waals surface area contributed by atoms with Crippen LogP contribution >= 0.6 is 11.6 Å². The van der Waals surface area contributed by atoms with E-state index in [4.69, 9.17) is 21.6 Å². The second-order valence-corrected chi connectivity index (χ2v) is 7.11. The van der Waals surface area contributed by atoms with Crippen molar-refractivity contribution in [3.05, 3.63) is 64.9 Å². The maximum Gasteiger partial charge on any atom is 0.253 e. The van der Waals surface area contributed by atoms with Crippen LogP contribution in [0.2, 0.25) is 5.02 Å². The molecule has 4 rings (SSSR count). The molecule has 0 bridgehead atoms. The molecule has 2 aliphatic rings. The highest BCUT2D eigenvalue weighted by Gasteiger charge is 2.39. The van der Waals surface area contributed by atoms with Crippen molar-refractivity contribution in [2.24, 2.45) is 9.98 Å². The summed E-state index contributed by atoms with van der Waals surface area (Å²) in [5.74, 6) is 0.0443. The fourth-order valence-corrected chi connectivity index (χ4v) is 3.65. The predicted octanol–water partition coefficient (Wildman–Crippen LogP) is 3.63. The highest BCUT2D eigenvalue weighted by molar-refractivity contribution is 6.48. The summed E-state index contributed by atoms with van der Waals surface area (Å²) in [5, 5.41) is 0.708. The Labute approximate surface area is 157 Å². The molecule has 1 aromatic heterocycles. The second kappa shape index (κ2) is 6.65. The molecule has 1 fully saturated rings. The number of carbonyl (C=O) groups excluding carboxylic acids is 1. The van der Waals surface area contributed by atoms with E-state index in [0.717, 1.165) is 29.8 Å². The summed E-state index contributed by atoms with van der Waals surface area (Å²) in [6.45, 7) is 3.29. The number of aliphatic imine (C=N–C) groups is 2. The van der Waals surface area contributed by atoms with Crippen LogP contribution in [0.1, 0.15) is 35.7 Å². The zero-order chi connectivity index (χ0) is 18.1. The van der Waals surface area contributed by atoms with Gasteiger partial charge in [0, 0.05) is 54.5 Å². The number of aromatic nitrogens is 1. The summed E-state index contributed by atoms with van der Waals surface area (Å²) >= 11 is 5.98. The predicted molar refractivity (Wildman–Crippen MR) is 103 cm³/mol. The topological polar surface area (TPSA) is 57.9 Å². The zero-order valence-electron chi connectivity index (χ0n) is 14.5. The van der Waals surface area contributed by atoms with Gasteiger partial charge < -0.3 is 4.90 Å². The first-order valence-corrected chi connectivity index (χ1v) is 9.06. The van der Waals surface area contributed by atoms with Crippen LogP contribution in [0.25, 0.3) is 0 Å². The number of carbonyl (C=O) groups is 1. The molecule has 1 spiro atoms. The Kier molecular flexibility index (Phi) is 4.32. The van der Waals surface area contributed by atoms with E-state index in [1.165, 1.54) is 0 Å². The molecule has 2 aliphatic heterocycles. The van der Waals surface area contributed by atoms with Crippen molar-refractivity contribution in [3.63, 3.8) is 0 Å². The minimum Gasteiger partial charge on any atom is -0.338 e. The largest absolute Gasteiger partial charge is 0.338 e. The molecule has 5 nitrogen and oxygen atoms in total. The highest BCUT2D eigenvalue weighted by Crippen LogP contribution is 2.33. The van der Waals surface area contributed by atoms with Crippen LogP contribution < -0.4 is 0 Å². The lowest BCUT2D eigenvalue weighted by Crippen LogP contribution is -2.44. The van der Waals surface area contributed by atoms with Gasteiger partial charge in [-0.05, 0) is 31.2 Å². The third-order valence-electron chi connectivity index (χ3n) is 4.93. The standard InChI is InChI=1S/C20H19ClN4O/c1-14-18(15-2-4-17(21)5-3-15)24-20(23-14)8-12-25(13-9-20)19(26)16-6-10-22-11-7-16/h2-7,10-11H,8-9,12-13H2,1H3. The fraction of sp³-hybridized carbons (Fsp3) is 0.300. The van der Waals surface area contributed by atoms with E-state index >= 15 is 0 Å². The monoisotopic (exact) mass is 366 g/mol. The Morgan fingerprint density at radius 1 is 1.04 bits per heavy atom. The summed E-state index contributed by atoms with van der Waals surface area (Å²) in [6.07, 6.45) is 4.76. The summed E-state index contributed by atoms with van der Waals surface area (Å²) in [5.41, 5.74) is 3.14. The molecule has 6 heteroatoms. The van der Waals surface area contributed by atoms with Crippen molar-refractivity contribution in [2.45, 2.75) is 25.4 Å². The number of likely N-dealkylation sites (tertiary alicyclic amines) is 1. The van der Waals surface area contributed by atoms with E-state index < -0.39 is 5.66 Å². The van der Waals surface area contributed by atoms with Gasteiger partial charge in [-0.25, -0.2) is 0 Å². The molecule has 0 N–H and O–H groups in total. The van der Waals surface area contributed by atoms with Crippen molar-refractivity contribution in [1.29, 1.82) is 0 Å². The lowest BCUT2D eigenvalue weighted by Gasteiger charge is -2.35. The Morgan fingerprint density at radius 3 is 2.35 bits per heavy atom. The lowest BCUT2D eigenvalue weighted by molar-refractivity contribution is 0.0679. The van der Waals surface area contributed by atoms with Crippen LogP contribution in [0.4, 0.5) is 0 Å². The first kappa shape index (κ1) is 16.9. The third kappa shape index (κ3) is 3.15. The van der Waals surface area contributed by atoms with Gasteiger partial charge in [0.25, 0.3) is 5.91 Å². The number of hydrogen-bond acceptors (Lipinski definition) is 4. The smallest absolute Gasteiger partial charge is 0.253 e. The minimum absolute atomic E-state index is 0.0443. The molecule has 3 heterocycles. The van der Waals surface area contributed by atoms with Gasteiger partial charge in [0.1, 0.15) is 0 Å². The van der Waals surface area contributed by atoms with Crippen LogP contribution in [0.15, 0.2) is 58.8 Å². The van der Waals surface area contributed by atoms with Gasteiger partial charge in [-0.15, -0.1) is 0 Å². The van der Waals surface area contributed by atoms with E-state index in [-0.39, 0.29) is 5.91 Å². The van der Waals surface area contributed by atoms with Gasteiger partial charge in [0.15, 0.2) is 5.66 Å². The Morgan fingerprint density at radius 2 is 1.69 bits per heavy atom. The van der Waals surface area contributed by atoms with Gasteiger partial charge >= 0.3 is 0 Å². The van der Waals surface area contributed by atoms with Gasteiger partial charge in [-0.2, -0.15) is 0 Å². The molecule has 26 heavy (non-hydrogen) atoms. The minimum atomic E-state index is -0.436. The van der Waals surface area contributed by atoms with Gasteiger partial charge in [0.2, 0.25) is 0 Å². The van der Waals surface area contributed by atoms with Gasteiger partial charge in [-0.1, -0.05) is 23.7 Å². The number of nitrogens with zero attached hydrogens (tertiary/aromatic N) is 4. The quantitative estimate of drug-likeness (QED) is 0.814. The molecule has 1 saturated heterocycles. The molecule has 132 valence electrons. The number of rotatable bonds is 2. The number of piperidine rings is 1. The summed E-state index contributed by atoms with van der Waals surface area (Å²) in [6, 6.07) is 11.2. The summed E-state index contributed by atoms with van der Waals surface area (Å²) in [4.78, 5) is 28.2. The number of pyridine rings is 1. The average Bonchev–Trinajstić information content (AvgIpc) is 2.99. The first-order valence-electron chi connectivity index (χ1n) is 8.68. The number of halogens is 1. The summed E-state index contributed by atoms with van der Waals surface area (Å²) < 4.78 is 0. The Hall–Kier alpha value is -2.53. The normalized spacial score (nSPS) is 18.6. The van der Waals surface area contributed by atoms with Crippen LogP contribution in [0.5, 0.6) is 0 Å². The molecular formula is C20H19ClN4O. The first-order chi connectivity index (χ1) is 12.6. The summed E-state index contributed by atoms with van der Waals surface area (Å²) in [7, 11) is 0. The number of benzene rings is 1. The molecule has 0 saturated carbocycles. The third-order valence-corrected chi connectivity index (χ3v) is 5.19. The zero-order valence-corrected chi connectivity index (χ0v) is 15.3. The van der Waals surface area contributed by atoms with Gasteiger partial charge in [-0.3, -0.25) is 19.8 Å². The molecular weight excluding hydrogens is 348 g/mol. The molecule has 0 atom stereocenters. The molecule has 1 amide bonds. The van der Waals surface area contributed by atoms with Crippen molar-refractivity contribution >= 4 is 28.9 Å². The average molecular weight is 367 g/mol. The second-order valence-electron chi connectivity index (χ2n) is 6.68. The SMILES string of the molecule is CC1=NC2(CCN(C(=O)c3ccncc3)CC2)N=C1c1ccc(Cl)cc1. The fourth-order valence-electron chi connectivity index (χ4n) is 3.53. The van der Waals surface area contributed by atoms with Gasteiger partial charge in [0.05, 0.1) is 11.4 Å². The van der Waals surface area contributed by atoms with Crippen LogP contribution in [-0.4, -0.2) is 46.0 Å². The van der Waals surface area contributed by atoms with Crippen molar-refractivity contribution in [1.82, 2.24) is 9.88 Å². The molecule has 0 unspecified atom stereocenters. The number of amides is 1. The van der Waals surface area contributed by atoms with Crippen molar-refractivity contribution in [2.75, 3.05) is 13.1 Å². The molecule has 1 aromatic carbocycles. The maximum absolute atomic E-state index is 12.6. The van der Waals surface area contributed by atoms with Crippen LogP contribution in [-0.2, 0) is 0 Å². The Balaban J connectivity index is 1.50. The van der Waals surface area contributed by atoms with E-state index in [2.05, 4.69) is 4.98 Å². The molecule has 0 aliphatic carbocycles.